The molecule has 148 valence electrons. The minimum Gasteiger partial charge on any atom is -0.449 e. The molecule has 0 heterocycles. The Bertz CT molecular complexity index is 720. The number of ether oxygens (including phenoxy) is 1. The lowest BCUT2D eigenvalue weighted by molar-refractivity contribution is -0.384. The van der Waals surface area contributed by atoms with Crippen LogP contribution in [0, 0.1) is 10.1 Å². The third-order valence-electron chi connectivity index (χ3n) is 4.37. The summed E-state index contributed by atoms with van der Waals surface area (Å²) in [5.41, 5.74) is 0.249. The molecule has 0 radical (unpaired) electrons. The van der Waals surface area contributed by atoms with Gasteiger partial charge in [0.25, 0.3) is 11.6 Å². The number of carbonyl (C=O) groups is 2. The van der Waals surface area contributed by atoms with E-state index in [4.69, 9.17) is 4.74 Å². The van der Waals surface area contributed by atoms with Gasteiger partial charge in [0.05, 0.1) is 10.5 Å². The van der Waals surface area contributed by atoms with Crippen LogP contribution in [0.3, 0.4) is 0 Å². The molecule has 0 aromatic heterocycles. The van der Waals surface area contributed by atoms with Gasteiger partial charge in [-0.05, 0) is 59.6 Å². The first kappa shape index (κ1) is 20.7. The minimum atomic E-state index is -0.981. The van der Waals surface area contributed by atoms with Crippen LogP contribution >= 0.6 is 0 Å². The fraction of sp³-hybridized carbons (Fsp3) is 0.579. The molecule has 1 aromatic rings. The lowest BCUT2D eigenvalue weighted by atomic mass is 10.1. The quantitative estimate of drug-likeness (QED) is 0.423. The standard InChI is InChI=1S/C19H27N3O5/c1-11(2)21(12(3)4)18(23)13(5)27-19(24)14-6-9-16(20-15-7-8-15)17(10-14)22(25)26/h6,9-13,15,20H,7-8H2,1-5H3/t13-/m0/s1. The van der Waals surface area contributed by atoms with Crippen molar-refractivity contribution in [3.05, 3.63) is 33.9 Å². The van der Waals surface area contributed by atoms with E-state index >= 15 is 0 Å². The number of nitrogens with zero attached hydrogens (tertiary/aromatic N) is 2. The van der Waals surface area contributed by atoms with Gasteiger partial charge >= 0.3 is 5.97 Å². The van der Waals surface area contributed by atoms with Crippen LogP contribution in [0.15, 0.2) is 18.2 Å². The summed E-state index contributed by atoms with van der Waals surface area (Å²) in [5.74, 6) is -1.06. The molecule has 1 amide bonds. The molecule has 1 fully saturated rings. The van der Waals surface area contributed by atoms with E-state index in [0.717, 1.165) is 12.8 Å². The average molecular weight is 377 g/mol. The molecule has 2 rings (SSSR count). The third kappa shape index (κ3) is 5.18. The molecule has 1 aliphatic carbocycles. The van der Waals surface area contributed by atoms with Gasteiger partial charge in [-0.15, -0.1) is 0 Å². The lowest BCUT2D eigenvalue weighted by Crippen LogP contribution is -2.47. The zero-order chi connectivity index (χ0) is 20.3. The number of rotatable bonds is 8. The first-order valence-corrected chi connectivity index (χ1v) is 9.20. The van der Waals surface area contributed by atoms with E-state index in [0.29, 0.717) is 5.69 Å². The molecule has 8 nitrogen and oxygen atoms in total. The maximum absolute atomic E-state index is 12.6. The number of nitro benzene ring substituents is 1. The summed E-state index contributed by atoms with van der Waals surface area (Å²) in [4.78, 5) is 37.4. The zero-order valence-electron chi connectivity index (χ0n) is 16.4. The third-order valence-corrected chi connectivity index (χ3v) is 4.37. The Morgan fingerprint density at radius 1 is 1.19 bits per heavy atom. The van der Waals surface area contributed by atoms with E-state index in [1.165, 1.54) is 25.1 Å². The smallest absolute Gasteiger partial charge is 0.339 e. The molecule has 1 aliphatic rings. The largest absolute Gasteiger partial charge is 0.449 e. The Morgan fingerprint density at radius 3 is 2.26 bits per heavy atom. The topological polar surface area (TPSA) is 102 Å². The summed E-state index contributed by atoms with van der Waals surface area (Å²) in [5, 5.41) is 14.4. The van der Waals surface area contributed by atoms with Crippen molar-refractivity contribution in [1.29, 1.82) is 0 Å². The summed E-state index contributed by atoms with van der Waals surface area (Å²) in [6.45, 7) is 9.07. The molecule has 0 unspecified atom stereocenters. The number of nitrogens with one attached hydrogen (secondary N) is 1. The van der Waals surface area contributed by atoms with E-state index in [-0.39, 0.29) is 35.3 Å². The number of benzene rings is 1. The first-order chi connectivity index (χ1) is 12.6. The summed E-state index contributed by atoms with van der Waals surface area (Å²) < 4.78 is 5.27. The van der Waals surface area contributed by atoms with Gasteiger partial charge in [0.1, 0.15) is 5.69 Å². The van der Waals surface area contributed by atoms with Gasteiger partial charge in [0.15, 0.2) is 6.10 Å². The van der Waals surface area contributed by atoms with Gasteiger partial charge in [0, 0.05) is 24.2 Å². The van der Waals surface area contributed by atoms with Crippen LogP contribution in [0.2, 0.25) is 0 Å². The molecule has 1 N–H and O–H groups in total. The summed E-state index contributed by atoms with van der Waals surface area (Å²) in [6.07, 6.45) is 0.969. The van der Waals surface area contributed by atoms with Crippen molar-refractivity contribution >= 4 is 23.3 Å². The predicted octanol–water partition coefficient (Wildman–Crippen LogP) is 3.36. The second kappa shape index (κ2) is 8.37. The summed E-state index contributed by atoms with van der Waals surface area (Å²) in [6, 6.07) is 4.35. The average Bonchev–Trinajstić information content (AvgIpc) is 3.38. The van der Waals surface area contributed by atoms with Gasteiger partial charge in [-0.1, -0.05) is 0 Å². The molecule has 0 aliphatic heterocycles. The van der Waals surface area contributed by atoms with E-state index in [1.54, 1.807) is 4.90 Å². The van der Waals surface area contributed by atoms with Crippen LogP contribution in [-0.2, 0) is 9.53 Å². The van der Waals surface area contributed by atoms with Gasteiger partial charge < -0.3 is 15.0 Å². The number of esters is 1. The van der Waals surface area contributed by atoms with Gasteiger partial charge in [-0.2, -0.15) is 0 Å². The SMILES string of the molecule is CC(C)N(C(=O)[C@H](C)OC(=O)c1ccc(NC2CC2)c([N+](=O)[O-])c1)C(C)C. The fourth-order valence-electron chi connectivity index (χ4n) is 2.97. The molecule has 0 saturated heterocycles. The summed E-state index contributed by atoms with van der Waals surface area (Å²) in [7, 11) is 0. The highest BCUT2D eigenvalue weighted by Crippen LogP contribution is 2.31. The van der Waals surface area contributed by atoms with Crippen molar-refractivity contribution in [3.63, 3.8) is 0 Å². The molecule has 1 saturated carbocycles. The van der Waals surface area contributed by atoms with Crippen molar-refractivity contribution in [1.82, 2.24) is 4.90 Å². The molecule has 0 bridgehead atoms. The second-order valence-corrected chi connectivity index (χ2v) is 7.39. The van der Waals surface area contributed by atoms with E-state index in [1.807, 2.05) is 27.7 Å². The zero-order valence-corrected chi connectivity index (χ0v) is 16.4. The molecule has 1 atom stereocenters. The maximum atomic E-state index is 12.6. The second-order valence-electron chi connectivity index (χ2n) is 7.39. The van der Waals surface area contributed by atoms with Crippen LogP contribution in [0.5, 0.6) is 0 Å². The molecular formula is C19H27N3O5. The molecule has 0 spiro atoms. The van der Waals surface area contributed by atoms with Crippen molar-refractivity contribution in [2.75, 3.05) is 5.32 Å². The van der Waals surface area contributed by atoms with Crippen molar-refractivity contribution < 1.29 is 19.2 Å². The Hall–Kier alpha value is -2.64. The van der Waals surface area contributed by atoms with E-state index in [2.05, 4.69) is 5.32 Å². The Labute approximate surface area is 159 Å². The van der Waals surface area contributed by atoms with Gasteiger partial charge in [-0.25, -0.2) is 4.79 Å². The van der Waals surface area contributed by atoms with Crippen LogP contribution < -0.4 is 5.32 Å². The number of hydrogen-bond donors (Lipinski definition) is 1. The molecule has 1 aromatic carbocycles. The highest BCUT2D eigenvalue weighted by Gasteiger charge is 2.29. The normalized spacial score (nSPS) is 14.8. The number of nitro groups is 1. The van der Waals surface area contributed by atoms with Gasteiger partial charge in [0.2, 0.25) is 0 Å². The number of anilines is 1. The highest BCUT2D eigenvalue weighted by atomic mass is 16.6. The molecule has 27 heavy (non-hydrogen) atoms. The lowest BCUT2D eigenvalue weighted by Gasteiger charge is -2.32. The van der Waals surface area contributed by atoms with E-state index in [9.17, 15) is 19.7 Å². The van der Waals surface area contributed by atoms with Crippen molar-refractivity contribution in [2.45, 2.75) is 71.7 Å². The number of hydrogen-bond acceptors (Lipinski definition) is 6. The monoisotopic (exact) mass is 377 g/mol. The Balaban J connectivity index is 2.13. The maximum Gasteiger partial charge on any atom is 0.339 e. The molecular weight excluding hydrogens is 350 g/mol. The number of amides is 1. The predicted molar refractivity (Wildman–Crippen MR) is 102 cm³/mol. The van der Waals surface area contributed by atoms with Crippen LogP contribution in [-0.4, -0.2) is 45.9 Å². The van der Waals surface area contributed by atoms with Gasteiger partial charge in [-0.3, -0.25) is 14.9 Å². The van der Waals surface area contributed by atoms with Crippen LogP contribution in [0.4, 0.5) is 11.4 Å². The van der Waals surface area contributed by atoms with E-state index < -0.39 is 17.0 Å². The minimum absolute atomic E-state index is 0.0347. The van der Waals surface area contributed by atoms with Crippen LogP contribution in [0.25, 0.3) is 0 Å². The summed E-state index contributed by atoms with van der Waals surface area (Å²) >= 11 is 0. The fourth-order valence-corrected chi connectivity index (χ4v) is 2.97. The highest BCUT2D eigenvalue weighted by molar-refractivity contribution is 5.93. The van der Waals surface area contributed by atoms with Crippen molar-refractivity contribution in [2.24, 2.45) is 0 Å². The van der Waals surface area contributed by atoms with Crippen molar-refractivity contribution in [3.8, 4) is 0 Å². The Morgan fingerprint density at radius 2 is 1.78 bits per heavy atom. The molecule has 8 heteroatoms. The first-order valence-electron chi connectivity index (χ1n) is 9.20. The Kier molecular flexibility index (Phi) is 6.41. The van der Waals surface area contributed by atoms with Crippen LogP contribution in [0.1, 0.15) is 57.8 Å². The number of carbonyl (C=O) groups excluding carboxylic acids is 2.